The number of nitrogens with two attached hydrogens (primary N) is 1. The Morgan fingerprint density at radius 1 is 1.30 bits per heavy atom. The fourth-order valence-electron chi connectivity index (χ4n) is 2.69. The minimum Gasteiger partial charge on any atom is -0.364 e. The molecule has 20 heavy (non-hydrogen) atoms. The van der Waals surface area contributed by atoms with Crippen LogP contribution in [0.25, 0.3) is 0 Å². The van der Waals surface area contributed by atoms with E-state index in [0.717, 1.165) is 13.0 Å². The van der Waals surface area contributed by atoms with Gasteiger partial charge in [-0.15, -0.1) is 0 Å². The van der Waals surface area contributed by atoms with E-state index in [2.05, 4.69) is 52.9 Å². The van der Waals surface area contributed by atoms with Crippen molar-refractivity contribution in [3.8, 4) is 0 Å². The second-order valence-electron chi connectivity index (χ2n) is 5.80. The summed E-state index contributed by atoms with van der Waals surface area (Å²) in [4.78, 5) is 2.57. The smallest absolute Gasteiger partial charge is 0.0440 e. The van der Waals surface area contributed by atoms with Gasteiger partial charge in [-0.25, -0.2) is 0 Å². The third-order valence-corrected chi connectivity index (χ3v) is 4.50. The van der Waals surface area contributed by atoms with Gasteiger partial charge in [0.05, 0.1) is 0 Å². The standard InChI is InChI=1S/C17H22N2S/c1-13(18)10-15-4-2-3-5-17(15)19(16-6-7-16)11-14-8-9-20-12-14/h2-5,8-9,12-13,16H,6-7,10-11,18H2,1H3. The topological polar surface area (TPSA) is 29.3 Å². The quantitative estimate of drug-likeness (QED) is 0.875. The van der Waals surface area contributed by atoms with Crippen LogP contribution in [0.15, 0.2) is 41.1 Å². The van der Waals surface area contributed by atoms with Crippen LogP contribution in [0.4, 0.5) is 5.69 Å². The summed E-state index contributed by atoms with van der Waals surface area (Å²) in [5.74, 6) is 0. The van der Waals surface area contributed by atoms with Gasteiger partial charge < -0.3 is 10.6 Å². The first-order valence-corrected chi connectivity index (χ1v) is 8.29. The maximum Gasteiger partial charge on any atom is 0.0440 e. The van der Waals surface area contributed by atoms with E-state index in [9.17, 15) is 0 Å². The molecule has 106 valence electrons. The van der Waals surface area contributed by atoms with E-state index in [1.54, 1.807) is 11.3 Å². The van der Waals surface area contributed by atoms with E-state index in [1.807, 2.05) is 0 Å². The molecule has 2 N–H and O–H groups in total. The first kappa shape index (κ1) is 13.7. The van der Waals surface area contributed by atoms with E-state index in [0.29, 0.717) is 6.04 Å². The summed E-state index contributed by atoms with van der Waals surface area (Å²) in [6.45, 7) is 3.10. The van der Waals surface area contributed by atoms with E-state index < -0.39 is 0 Å². The van der Waals surface area contributed by atoms with Gasteiger partial charge in [-0.3, -0.25) is 0 Å². The monoisotopic (exact) mass is 286 g/mol. The zero-order valence-electron chi connectivity index (χ0n) is 12.0. The molecule has 2 aromatic rings. The van der Waals surface area contributed by atoms with E-state index in [1.165, 1.54) is 29.7 Å². The molecule has 3 heteroatoms. The number of rotatable bonds is 6. The summed E-state index contributed by atoms with van der Waals surface area (Å²) in [6.07, 6.45) is 3.58. The lowest BCUT2D eigenvalue weighted by Crippen LogP contribution is -2.27. The van der Waals surface area contributed by atoms with Crippen molar-refractivity contribution in [2.24, 2.45) is 5.73 Å². The van der Waals surface area contributed by atoms with Crippen molar-refractivity contribution >= 4 is 17.0 Å². The fraction of sp³-hybridized carbons (Fsp3) is 0.412. The van der Waals surface area contributed by atoms with Gasteiger partial charge in [-0.05, 0) is 60.2 Å². The molecule has 0 radical (unpaired) electrons. The SMILES string of the molecule is CC(N)Cc1ccccc1N(Cc1ccsc1)C1CC1. The Labute approximate surface area is 125 Å². The number of hydrogen-bond acceptors (Lipinski definition) is 3. The molecule has 0 spiro atoms. The predicted molar refractivity (Wildman–Crippen MR) is 87.3 cm³/mol. The minimum atomic E-state index is 0.207. The van der Waals surface area contributed by atoms with Crippen LogP contribution in [0.1, 0.15) is 30.9 Å². The van der Waals surface area contributed by atoms with Crippen LogP contribution < -0.4 is 10.6 Å². The highest BCUT2D eigenvalue weighted by atomic mass is 32.1. The Morgan fingerprint density at radius 3 is 2.75 bits per heavy atom. The molecule has 1 unspecified atom stereocenters. The van der Waals surface area contributed by atoms with Crippen LogP contribution >= 0.6 is 11.3 Å². The Bertz CT molecular complexity index is 544. The second-order valence-corrected chi connectivity index (χ2v) is 6.58. The van der Waals surface area contributed by atoms with Gasteiger partial charge in [-0.2, -0.15) is 11.3 Å². The van der Waals surface area contributed by atoms with Crippen molar-refractivity contribution in [3.63, 3.8) is 0 Å². The summed E-state index contributed by atoms with van der Waals surface area (Å²) >= 11 is 1.78. The summed E-state index contributed by atoms with van der Waals surface area (Å²) in [5.41, 5.74) is 10.2. The van der Waals surface area contributed by atoms with Crippen LogP contribution in [0.5, 0.6) is 0 Å². The molecule has 1 heterocycles. The van der Waals surface area contributed by atoms with Crippen molar-refractivity contribution in [2.45, 2.75) is 44.8 Å². The molecule has 1 atom stereocenters. The van der Waals surface area contributed by atoms with Crippen molar-refractivity contribution in [1.29, 1.82) is 0 Å². The van der Waals surface area contributed by atoms with E-state index in [4.69, 9.17) is 5.73 Å². The van der Waals surface area contributed by atoms with Crippen molar-refractivity contribution in [1.82, 2.24) is 0 Å². The molecule has 2 nitrogen and oxygen atoms in total. The highest BCUT2D eigenvalue weighted by molar-refractivity contribution is 7.07. The largest absolute Gasteiger partial charge is 0.364 e. The summed E-state index contributed by atoms with van der Waals surface area (Å²) in [7, 11) is 0. The van der Waals surface area contributed by atoms with Gasteiger partial charge in [0.15, 0.2) is 0 Å². The third kappa shape index (κ3) is 3.22. The molecule has 1 aromatic carbocycles. The average molecular weight is 286 g/mol. The number of hydrogen-bond donors (Lipinski definition) is 1. The van der Waals surface area contributed by atoms with Gasteiger partial charge >= 0.3 is 0 Å². The van der Waals surface area contributed by atoms with Crippen molar-refractivity contribution < 1.29 is 0 Å². The first-order valence-electron chi connectivity index (χ1n) is 7.35. The molecule has 1 aromatic heterocycles. The zero-order valence-corrected chi connectivity index (χ0v) is 12.8. The lowest BCUT2D eigenvalue weighted by Gasteiger charge is -2.27. The third-order valence-electron chi connectivity index (χ3n) is 3.76. The second kappa shape index (κ2) is 5.98. The lowest BCUT2D eigenvalue weighted by atomic mass is 10.0. The molecular formula is C17H22N2S. The van der Waals surface area contributed by atoms with Crippen LogP contribution in [0, 0.1) is 0 Å². The Kier molecular flexibility index (Phi) is 4.08. The molecule has 1 aliphatic carbocycles. The minimum absolute atomic E-state index is 0.207. The molecule has 0 bridgehead atoms. The summed E-state index contributed by atoms with van der Waals surface area (Å²) in [6, 6.07) is 11.9. The summed E-state index contributed by atoms with van der Waals surface area (Å²) < 4.78 is 0. The van der Waals surface area contributed by atoms with Crippen molar-refractivity contribution in [2.75, 3.05) is 4.90 Å². The normalized spacial score (nSPS) is 16.1. The lowest BCUT2D eigenvalue weighted by molar-refractivity contribution is 0.724. The number of anilines is 1. The van der Waals surface area contributed by atoms with Crippen LogP contribution in [-0.4, -0.2) is 12.1 Å². The Morgan fingerprint density at radius 2 is 2.10 bits per heavy atom. The molecule has 0 saturated heterocycles. The number of nitrogens with zero attached hydrogens (tertiary/aromatic N) is 1. The number of para-hydroxylation sites is 1. The van der Waals surface area contributed by atoms with Gasteiger partial charge in [0, 0.05) is 24.3 Å². The highest BCUT2D eigenvalue weighted by Gasteiger charge is 2.30. The summed E-state index contributed by atoms with van der Waals surface area (Å²) in [5, 5.41) is 4.41. The van der Waals surface area contributed by atoms with E-state index >= 15 is 0 Å². The maximum absolute atomic E-state index is 6.00. The molecule has 1 fully saturated rings. The molecule has 1 saturated carbocycles. The van der Waals surface area contributed by atoms with Crippen LogP contribution in [0.3, 0.4) is 0 Å². The highest BCUT2D eigenvalue weighted by Crippen LogP contribution is 2.35. The van der Waals surface area contributed by atoms with Gasteiger partial charge in [0.25, 0.3) is 0 Å². The molecule has 0 amide bonds. The van der Waals surface area contributed by atoms with Crippen molar-refractivity contribution in [3.05, 3.63) is 52.2 Å². The molecule has 1 aliphatic rings. The number of benzene rings is 1. The molecular weight excluding hydrogens is 264 g/mol. The van der Waals surface area contributed by atoms with Gasteiger partial charge in [-0.1, -0.05) is 18.2 Å². The zero-order chi connectivity index (χ0) is 13.9. The maximum atomic E-state index is 6.00. The van der Waals surface area contributed by atoms with Crippen LogP contribution in [-0.2, 0) is 13.0 Å². The predicted octanol–water partition coefficient (Wildman–Crippen LogP) is 3.81. The fourth-order valence-corrected chi connectivity index (χ4v) is 3.35. The molecule has 3 rings (SSSR count). The van der Waals surface area contributed by atoms with E-state index in [-0.39, 0.29) is 6.04 Å². The van der Waals surface area contributed by atoms with Gasteiger partial charge in [0.2, 0.25) is 0 Å². The number of thiophene rings is 1. The average Bonchev–Trinajstić information content (AvgIpc) is 3.14. The van der Waals surface area contributed by atoms with Crippen LogP contribution in [0.2, 0.25) is 0 Å². The van der Waals surface area contributed by atoms with Gasteiger partial charge in [0.1, 0.15) is 0 Å². The molecule has 0 aliphatic heterocycles. The first-order chi connectivity index (χ1) is 9.74. The Balaban J connectivity index is 1.87. The Hall–Kier alpha value is -1.32.